The van der Waals surface area contributed by atoms with Crippen molar-refractivity contribution in [2.24, 2.45) is 5.73 Å². The first-order valence-corrected chi connectivity index (χ1v) is 6.42. The molecule has 0 aliphatic heterocycles. The van der Waals surface area contributed by atoms with Crippen molar-refractivity contribution in [2.45, 2.75) is 44.7 Å². The van der Waals surface area contributed by atoms with Crippen molar-refractivity contribution in [3.05, 3.63) is 29.3 Å². The topological polar surface area (TPSA) is 75.3 Å². The molecule has 1 fully saturated rings. The quantitative estimate of drug-likeness (QED) is 0.767. The van der Waals surface area contributed by atoms with Crippen molar-refractivity contribution in [1.29, 1.82) is 0 Å². The van der Waals surface area contributed by atoms with Gasteiger partial charge >= 0.3 is 5.97 Å². The maximum atomic E-state index is 10.9. The van der Waals surface area contributed by atoms with E-state index >= 15 is 0 Å². The molecule has 0 amide bonds. The Hall–Kier alpha value is -1.55. The van der Waals surface area contributed by atoms with E-state index < -0.39 is 5.97 Å². The van der Waals surface area contributed by atoms with Crippen LogP contribution in [0.2, 0.25) is 0 Å². The second-order valence-corrected chi connectivity index (χ2v) is 5.10. The number of carboxylic acids is 1. The van der Waals surface area contributed by atoms with Crippen LogP contribution in [0.15, 0.2) is 18.2 Å². The predicted octanol–water partition coefficient (Wildman–Crippen LogP) is 2.38. The first kappa shape index (κ1) is 12.9. The zero-order chi connectivity index (χ0) is 13.1. The lowest BCUT2D eigenvalue weighted by Gasteiger charge is -2.28. The average Bonchev–Trinajstić information content (AvgIpc) is 2.31. The number of nitrogens with two attached hydrogens (primary N) is 1. The van der Waals surface area contributed by atoms with Crippen molar-refractivity contribution >= 4 is 11.7 Å². The molecule has 4 heteroatoms. The monoisotopic (exact) mass is 248 g/mol. The van der Waals surface area contributed by atoms with E-state index in [9.17, 15) is 4.79 Å². The molecule has 2 unspecified atom stereocenters. The number of hydrogen-bond donors (Lipinski definition) is 3. The molecule has 98 valence electrons. The third-order valence-electron chi connectivity index (χ3n) is 3.55. The van der Waals surface area contributed by atoms with E-state index in [0.717, 1.165) is 36.9 Å². The maximum absolute atomic E-state index is 10.9. The van der Waals surface area contributed by atoms with Gasteiger partial charge in [0, 0.05) is 17.8 Å². The Morgan fingerprint density at radius 1 is 1.44 bits per heavy atom. The third kappa shape index (κ3) is 3.01. The largest absolute Gasteiger partial charge is 0.478 e. The SMILES string of the molecule is Cc1cc(C(=O)O)ccc1NC1CCCC(N)C1. The third-order valence-corrected chi connectivity index (χ3v) is 3.55. The molecule has 2 atom stereocenters. The van der Waals surface area contributed by atoms with Crippen molar-refractivity contribution in [2.75, 3.05) is 5.32 Å². The molecule has 0 saturated heterocycles. The number of aromatic carboxylic acids is 1. The minimum absolute atomic E-state index is 0.287. The van der Waals surface area contributed by atoms with Crippen molar-refractivity contribution in [3.63, 3.8) is 0 Å². The number of hydrogen-bond acceptors (Lipinski definition) is 3. The van der Waals surface area contributed by atoms with E-state index in [1.54, 1.807) is 12.1 Å². The highest BCUT2D eigenvalue weighted by Gasteiger charge is 2.19. The highest BCUT2D eigenvalue weighted by molar-refractivity contribution is 5.88. The summed E-state index contributed by atoms with van der Waals surface area (Å²) in [6.07, 6.45) is 4.38. The Morgan fingerprint density at radius 3 is 2.83 bits per heavy atom. The summed E-state index contributed by atoms with van der Waals surface area (Å²) < 4.78 is 0. The van der Waals surface area contributed by atoms with Gasteiger partial charge in [-0.15, -0.1) is 0 Å². The first-order valence-electron chi connectivity index (χ1n) is 6.42. The lowest BCUT2D eigenvalue weighted by molar-refractivity contribution is 0.0697. The highest BCUT2D eigenvalue weighted by atomic mass is 16.4. The normalized spacial score (nSPS) is 23.7. The van der Waals surface area contributed by atoms with Crippen LogP contribution in [-0.4, -0.2) is 23.2 Å². The Morgan fingerprint density at radius 2 is 2.22 bits per heavy atom. The van der Waals surface area contributed by atoms with E-state index in [0.29, 0.717) is 11.6 Å². The van der Waals surface area contributed by atoms with Crippen LogP contribution in [0.5, 0.6) is 0 Å². The van der Waals surface area contributed by atoms with E-state index in [1.807, 2.05) is 13.0 Å². The Balaban J connectivity index is 2.07. The Bertz CT molecular complexity index is 445. The molecule has 18 heavy (non-hydrogen) atoms. The Labute approximate surface area is 107 Å². The predicted molar refractivity (Wildman–Crippen MR) is 72.0 cm³/mol. The van der Waals surface area contributed by atoms with Gasteiger partial charge in [-0.3, -0.25) is 0 Å². The van der Waals surface area contributed by atoms with Crippen LogP contribution in [0.4, 0.5) is 5.69 Å². The zero-order valence-corrected chi connectivity index (χ0v) is 10.6. The second-order valence-electron chi connectivity index (χ2n) is 5.10. The molecule has 0 radical (unpaired) electrons. The minimum atomic E-state index is -0.885. The summed E-state index contributed by atoms with van der Waals surface area (Å²) in [5.41, 5.74) is 8.27. The van der Waals surface area contributed by atoms with Crippen molar-refractivity contribution in [1.82, 2.24) is 0 Å². The van der Waals surface area contributed by atoms with E-state index in [4.69, 9.17) is 10.8 Å². The van der Waals surface area contributed by atoms with Gasteiger partial charge in [-0.1, -0.05) is 0 Å². The smallest absolute Gasteiger partial charge is 0.335 e. The van der Waals surface area contributed by atoms with Gasteiger partial charge in [0.2, 0.25) is 0 Å². The zero-order valence-electron chi connectivity index (χ0n) is 10.6. The highest BCUT2D eigenvalue weighted by Crippen LogP contribution is 2.23. The van der Waals surface area contributed by atoms with Crippen molar-refractivity contribution < 1.29 is 9.90 Å². The van der Waals surface area contributed by atoms with Gasteiger partial charge in [0.05, 0.1) is 5.56 Å². The van der Waals surface area contributed by atoms with Crippen LogP contribution in [0, 0.1) is 6.92 Å². The van der Waals surface area contributed by atoms with Crippen LogP contribution in [0.1, 0.15) is 41.6 Å². The summed E-state index contributed by atoms with van der Waals surface area (Å²) in [5, 5.41) is 12.4. The average molecular weight is 248 g/mol. The molecule has 1 aromatic carbocycles. The van der Waals surface area contributed by atoms with Crippen LogP contribution in [0.3, 0.4) is 0 Å². The molecule has 2 rings (SSSR count). The van der Waals surface area contributed by atoms with Gasteiger partial charge in [-0.25, -0.2) is 4.79 Å². The second kappa shape index (κ2) is 5.40. The molecule has 4 nitrogen and oxygen atoms in total. The van der Waals surface area contributed by atoms with Crippen LogP contribution < -0.4 is 11.1 Å². The van der Waals surface area contributed by atoms with Gasteiger partial charge in [-0.05, 0) is 56.4 Å². The number of rotatable bonds is 3. The summed E-state index contributed by atoms with van der Waals surface area (Å²) in [7, 11) is 0. The molecule has 1 saturated carbocycles. The van der Waals surface area contributed by atoms with Crippen LogP contribution >= 0.6 is 0 Å². The molecular formula is C14H20N2O2. The van der Waals surface area contributed by atoms with Crippen LogP contribution in [-0.2, 0) is 0 Å². The van der Waals surface area contributed by atoms with Gasteiger partial charge in [0.15, 0.2) is 0 Å². The number of nitrogens with one attached hydrogen (secondary N) is 1. The molecular weight excluding hydrogens is 228 g/mol. The molecule has 0 heterocycles. The lowest BCUT2D eigenvalue weighted by atomic mass is 9.91. The first-order chi connectivity index (χ1) is 8.56. The van der Waals surface area contributed by atoms with E-state index in [1.165, 1.54) is 0 Å². The summed E-state index contributed by atoms with van der Waals surface area (Å²) in [6, 6.07) is 5.88. The fourth-order valence-corrected chi connectivity index (χ4v) is 2.54. The molecule has 0 aromatic heterocycles. The Kier molecular flexibility index (Phi) is 3.87. The maximum Gasteiger partial charge on any atom is 0.335 e. The fraction of sp³-hybridized carbons (Fsp3) is 0.500. The fourth-order valence-electron chi connectivity index (χ4n) is 2.54. The van der Waals surface area contributed by atoms with Gasteiger partial charge in [0.25, 0.3) is 0 Å². The lowest BCUT2D eigenvalue weighted by Crippen LogP contribution is -2.35. The number of benzene rings is 1. The van der Waals surface area contributed by atoms with E-state index in [2.05, 4.69) is 5.32 Å². The summed E-state index contributed by atoms with van der Waals surface area (Å²) in [4.78, 5) is 10.9. The van der Waals surface area contributed by atoms with E-state index in [-0.39, 0.29) is 6.04 Å². The standard InChI is InChI=1S/C14H20N2O2/c1-9-7-10(14(17)18)5-6-13(9)16-12-4-2-3-11(15)8-12/h5-7,11-12,16H,2-4,8,15H2,1H3,(H,17,18). The van der Waals surface area contributed by atoms with Crippen LogP contribution in [0.25, 0.3) is 0 Å². The van der Waals surface area contributed by atoms with Gasteiger partial charge < -0.3 is 16.2 Å². The summed E-state index contributed by atoms with van der Waals surface area (Å²) in [6.45, 7) is 1.93. The molecule has 1 aliphatic rings. The molecule has 0 bridgehead atoms. The van der Waals surface area contributed by atoms with Crippen molar-refractivity contribution in [3.8, 4) is 0 Å². The van der Waals surface area contributed by atoms with Gasteiger partial charge in [0.1, 0.15) is 0 Å². The number of anilines is 1. The minimum Gasteiger partial charge on any atom is -0.478 e. The summed E-state index contributed by atoms with van der Waals surface area (Å²) in [5.74, 6) is -0.885. The molecule has 1 aromatic rings. The molecule has 0 spiro atoms. The number of carboxylic acid groups (broad SMARTS) is 1. The number of carbonyl (C=O) groups is 1. The summed E-state index contributed by atoms with van der Waals surface area (Å²) >= 11 is 0. The molecule has 4 N–H and O–H groups in total. The number of aryl methyl sites for hydroxylation is 1. The van der Waals surface area contributed by atoms with Gasteiger partial charge in [-0.2, -0.15) is 0 Å². The molecule has 1 aliphatic carbocycles.